The third-order valence-corrected chi connectivity index (χ3v) is 4.54. The van der Waals surface area contributed by atoms with Gasteiger partial charge in [-0.1, -0.05) is 18.2 Å². The van der Waals surface area contributed by atoms with E-state index in [2.05, 4.69) is 5.32 Å². The van der Waals surface area contributed by atoms with Gasteiger partial charge in [-0.05, 0) is 30.2 Å². The Labute approximate surface area is 155 Å². The zero-order valence-electron chi connectivity index (χ0n) is 14.5. The van der Waals surface area contributed by atoms with Crippen LogP contribution < -0.4 is 10.2 Å². The molecule has 1 aliphatic rings. The maximum absolute atomic E-state index is 12.5. The summed E-state index contributed by atoms with van der Waals surface area (Å²) in [7, 11) is 0. The molecule has 0 spiro atoms. The van der Waals surface area contributed by atoms with Gasteiger partial charge < -0.3 is 15.3 Å². The molecule has 2 aromatic carbocycles. The van der Waals surface area contributed by atoms with Crippen molar-refractivity contribution < 1.29 is 19.6 Å². The lowest BCUT2D eigenvalue weighted by Crippen LogP contribution is -2.31. The molecule has 1 heterocycles. The van der Waals surface area contributed by atoms with Crippen molar-refractivity contribution in [3.63, 3.8) is 0 Å². The minimum atomic E-state index is -0.933. The van der Waals surface area contributed by atoms with Crippen LogP contribution in [0.4, 0.5) is 17.1 Å². The topological polar surface area (TPSA) is 113 Å². The first-order valence-electron chi connectivity index (χ1n) is 8.58. The predicted molar refractivity (Wildman–Crippen MR) is 100.0 cm³/mol. The Bertz CT molecular complexity index is 866. The van der Waals surface area contributed by atoms with E-state index in [1.807, 2.05) is 0 Å². The van der Waals surface area contributed by atoms with E-state index in [1.54, 1.807) is 41.3 Å². The van der Waals surface area contributed by atoms with Gasteiger partial charge >= 0.3 is 5.97 Å². The number of aliphatic carboxylic acids is 1. The summed E-state index contributed by atoms with van der Waals surface area (Å²) in [4.78, 5) is 35.7. The number of carbonyl (C=O) groups excluding carboxylic acids is 1. The van der Waals surface area contributed by atoms with E-state index in [1.165, 1.54) is 12.1 Å². The molecule has 1 amide bonds. The van der Waals surface area contributed by atoms with Gasteiger partial charge in [-0.15, -0.1) is 0 Å². The molecule has 0 fully saturated rings. The van der Waals surface area contributed by atoms with Crippen LogP contribution in [0.2, 0.25) is 0 Å². The third kappa shape index (κ3) is 4.05. The summed E-state index contributed by atoms with van der Waals surface area (Å²) >= 11 is 0. The van der Waals surface area contributed by atoms with Crippen LogP contribution in [0.3, 0.4) is 0 Å². The zero-order chi connectivity index (χ0) is 19.4. The summed E-state index contributed by atoms with van der Waals surface area (Å²) in [5, 5.41) is 23.1. The number of benzene rings is 2. The molecule has 8 nitrogen and oxygen atoms in total. The number of nitrogens with zero attached hydrogens (tertiary/aromatic N) is 2. The SMILES string of the molecule is O=C(O)C1CN(C(=O)CCCNc2ccc([N+](=O)[O-])cc2)c2ccccc21. The van der Waals surface area contributed by atoms with Crippen molar-refractivity contribution in [2.75, 3.05) is 23.3 Å². The highest BCUT2D eigenvalue weighted by Crippen LogP contribution is 2.36. The van der Waals surface area contributed by atoms with Crippen molar-refractivity contribution in [3.05, 3.63) is 64.2 Å². The highest BCUT2D eigenvalue weighted by atomic mass is 16.6. The summed E-state index contributed by atoms with van der Waals surface area (Å²) in [6.07, 6.45) is 0.840. The molecule has 0 aromatic heterocycles. The van der Waals surface area contributed by atoms with E-state index in [-0.39, 0.29) is 24.6 Å². The Balaban J connectivity index is 1.53. The predicted octanol–water partition coefficient (Wildman–Crippen LogP) is 3.00. The average Bonchev–Trinajstić information content (AvgIpc) is 3.05. The van der Waals surface area contributed by atoms with Crippen molar-refractivity contribution in [2.24, 2.45) is 0 Å². The second kappa shape index (κ2) is 7.86. The number of hydrogen-bond donors (Lipinski definition) is 2. The van der Waals surface area contributed by atoms with E-state index in [9.17, 15) is 24.8 Å². The summed E-state index contributed by atoms with van der Waals surface area (Å²) in [6.45, 7) is 0.685. The number of nitrogens with one attached hydrogen (secondary N) is 1. The van der Waals surface area contributed by atoms with Crippen LogP contribution >= 0.6 is 0 Å². The average molecular weight is 369 g/mol. The first-order valence-corrected chi connectivity index (χ1v) is 8.58. The van der Waals surface area contributed by atoms with Crippen molar-refractivity contribution in [2.45, 2.75) is 18.8 Å². The lowest BCUT2D eigenvalue weighted by atomic mass is 10.0. The number of carboxylic acid groups (broad SMARTS) is 1. The van der Waals surface area contributed by atoms with Crippen LogP contribution in [0.1, 0.15) is 24.3 Å². The number of fused-ring (bicyclic) bond motifs is 1. The second-order valence-corrected chi connectivity index (χ2v) is 6.29. The lowest BCUT2D eigenvalue weighted by molar-refractivity contribution is -0.384. The molecule has 0 aliphatic carbocycles. The molecule has 0 radical (unpaired) electrons. The summed E-state index contributed by atoms with van der Waals surface area (Å²) < 4.78 is 0. The fourth-order valence-electron chi connectivity index (χ4n) is 3.16. The van der Waals surface area contributed by atoms with Gasteiger partial charge in [-0.25, -0.2) is 0 Å². The Morgan fingerprint density at radius 3 is 2.56 bits per heavy atom. The van der Waals surface area contributed by atoms with Crippen LogP contribution in [0.25, 0.3) is 0 Å². The van der Waals surface area contributed by atoms with Crippen LogP contribution in [-0.2, 0) is 9.59 Å². The first-order chi connectivity index (χ1) is 13.0. The number of nitro benzene ring substituents is 1. The molecule has 8 heteroatoms. The van der Waals surface area contributed by atoms with Crippen LogP contribution in [-0.4, -0.2) is 35.0 Å². The third-order valence-electron chi connectivity index (χ3n) is 4.54. The van der Waals surface area contributed by atoms with Gasteiger partial charge in [0.1, 0.15) is 5.92 Å². The standard InChI is InChI=1S/C19H19N3O5/c23-18(6-3-11-20-13-7-9-14(10-8-13)22(26)27)21-12-16(19(24)25)15-4-1-2-5-17(15)21/h1-2,4-5,7-10,16,20H,3,6,11-12H2,(H,24,25). The molecular formula is C19H19N3O5. The van der Waals surface area contributed by atoms with Gasteiger partial charge in [0.05, 0.1) is 4.92 Å². The molecule has 1 unspecified atom stereocenters. The quantitative estimate of drug-likeness (QED) is 0.441. The van der Waals surface area contributed by atoms with Crippen molar-refractivity contribution in [1.82, 2.24) is 0 Å². The molecule has 2 aromatic rings. The molecule has 1 aliphatic heterocycles. The maximum Gasteiger partial charge on any atom is 0.312 e. The number of amides is 1. The molecule has 1 atom stereocenters. The molecule has 3 rings (SSSR count). The minimum Gasteiger partial charge on any atom is -0.481 e. The van der Waals surface area contributed by atoms with Crippen LogP contribution in [0.15, 0.2) is 48.5 Å². The van der Waals surface area contributed by atoms with Gasteiger partial charge in [-0.2, -0.15) is 0 Å². The number of anilines is 2. The van der Waals surface area contributed by atoms with Crippen molar-refractivity contribution >= 4 is 28.9 Å². The molecule has 27 heavy (non-hydrogen) atoms. The highest BCUT2D eigenvalue weighted by molar-refractivity contribution is 5.98. The van der Waals surface area contributed by atoms with Gasteiger partial charge in [0, 0.05) is 43.0 Å². The molecule has 0 saturated carbocycles. The maximum atomic E-state index is 12.5. The van der Waals surface area contributed by atoms with E-state index in [4.69, 9.17) is 0 Å². The summed E-state index contributed by atoms with van der Waals surface area (Å²) in [6, 6.07) is 13.2. The lowest BCUT2D eigenvalue weighted by Gasteiger charge is -2.17. The van der Waals surface area contributed by atoms with Gasteiger partial charge in [0.25, 0.3) is 5.69 Å². The number of hydrogen-bond acceptors (Lipinski definition) is 5. The largest absolute Gasteiger partial charge is 0.481 e. The molecule has 0 saturated heterocycles. The Kier molecular flexibility index (Phi) is 5.35. The smallest absolute Gasteiger partial charge is 0.312 e. The fourth-order valence-corrected chi connectivity index (χ4v) is 3.16. The Hall–Kier alpha value is -3.42. The first kappa shape index (κ1) is 18.4. The molecular weight excluding hydrogens is 350 g/mol. The fraction of sp³-hybridized carbons (Fsp3) is 0.263. The zero-order valence-corrected chi connectivity index (χ0v) is 14.5. The van der Waals surface area contributed by atoms with Crippen molar-refractivity contribution in [1.29, 1.82) is 0 Å². The molecule has 2 N–H and O–H groups in total. The monoisotopic (exact) mass is 369 g/mol. The van der Waals surface area contributed by atoms with E-state index in [0.29, 0.717) is 24.2 Å². The summed E-state index contributed by atoms with van der Waals surface area (Å²) in [5.41, 5.74) is 2.10. The van der Waals surface area contributed by atoms with Gasteiger partial charge in [-0.3, -0.25) is 19.7 Å². The van der Waals surface area contributed by atoms with Gasteiger partial charge in [0.2, 0.25) is 5.91 Å². The Morgan fingerprint density at radius 2 is 1.89 bits per heavy atom. The number of nitro groups is 1. The Morgan fingerprint density at radius 1 is 1.19 bits per heavy atom. The number of rotatable bonds is 7. The van der Waals surface area contributed by atoms with Gasteiger partial charge in [0.15, 0.2) is 0 Å². The highest BCUT2D eigenvalue weighted by Gasteiger charge is 2.35. The number of para-hydroxylation sites is 1. The van der Waals surface area contributed by atoms with E-state index < -0.39 is 16.8 Å². The molecule has 140 valence electrons. The molecule has 0 bridgehead atoms. The van der Waals surface area contributed by atoms with Crippen LogP contribution in [0.5, 0.6) is 0 Å². The summed E-state index contributed by atoms with van der Waals surface area (Å²) in [5.74, 6) is -1.74. The number of carboxylic acids is 1. The second-order valence-electron chi connectivity index (χ2n) is 6.29. The number of carbonyl (C=O) groups is 2. The van der Waals surface area contributed by atoms with E-state index >= 15 is 0 Å². The number of non-ortho nitro benzene ring substituents is 1. The van der Waals surface area contributed by atoms with Crippen LogP contribution in [0, 0.1) is 10.1 Å². The van der Waals surface area contributed by atoms with E-state index in [0.717, 1.165) is 5.69 Å². The minimum absolute atomic E-state index is 0.0245. The normalized spacial score (nSPS) is 15.3. The van der Waals surface area contributed by atoms with Crippen molar-refractivity contribution in [3.8, 4) is 0 Å².